The number of nitrogens with zero attached hydrogens (tertiary/aromatic N) is 2. The summed E-state index contributed by atoms with van der Waals surface area (Å²) in [6, 6.07) is 18.9. The van der Waals surface area contributed by atoms with Crippen molar-refractivity contribution in [2.45, 2.75) is 51.7 Å². The Morgan fingerprint density at radius 2 is 1.70 bits per heavy atom. The summed E-state index contributed by atoms with van der Waals surface area (Å²) in [5.74, 6) is -1.79. The Kier molecular flexibility index (Phi) is 9.97. The lowest BCUT2D eigenvalue weighted by Gasteiger charge is -2.12. The molecule has 0 saturated carbocycles. The lowest BCUT2D eigenvalue weighted by molar-refractivity contribution is -0.192. The zero-order chi connectivity index (χ0) is 24.3. The standard InChI is InChI=1S/C23H28N2O.C2HF3O2/c1-3-4-13-22-21(17-19-10-6-5-7-11-19)24-18-25(22)16-15-20-12-8-9-14-23(20)26-2;3-2(4,5)1(6)7/h5-12,14,18H,3-4,13,15-17H2,1-2H3;(H,6,7). The first-order valence-corrected chi connectivity index (χ1v) is 10.7. The molecule has 1 heterocycles. The molecule has 0 bridgehead atoms. The molecular weight excluding hydrogens is 433 g/mol. The second kappa shape index (κ2) is 12.7. The SMILES string of the molecule is CCCCc1c(Cc2ccccc2)ncn1CCc1ccccc1OC.O=C(O)C(F)(F)F. The number of carbonyl (C=O) groups is 1. The lowest BCUT2D eigenvalue weighted by Crippen LogP contribution is -2.21. The van der Waals surface area contributed by atoms with E-state index in [-0.39, 0.29) is 0 Å². The third-order valence-corrected chi connectivity index (χ3v) is 5.07. The zero-order valence-corrected chi connectivity index (χ0v) is 18.8. The average molecular weight is 463 g/mol. The van der Waals surface area contributed by atoms with Gasteiger partial charge in [0.25, 0.3) is 0 Å². The summed E-state index contributed by atoms with van der Waals surface area (Å²) < 4.78 is 39.6. The molecule has 8 heteroatoms. The number of carboxylic acid groups (broad SMARTS) is 1. The van der Waals surface area contributed by atoms with Crippen LogP contribution < -0.4 is 4.74 Å². The number of alkyl halides is 3. The number of aromatic nitrogens is 2. The topological polar surface area (TPSA) is 64.4 Å². The monoisotopic (exact) mass is 462 g/mol. The first-order valence-electron chi connectivity index (χ1n) is 10.7. The molecule has 0 spiro atoms. The molecule has 1 N–H and O–H groups in total. The molecule has 3 rings (SSSR count). The van der Waals surface area contributed by atoms with Crippen LogP contribution in [-0.2, 0) is 30.6 Å². The summed E-state index contributed by atoms with van der Waals surface area (Å²) in [5, 5.41) is 7.12. The first-order chi connectivity index (χ1) is 15.8. The number of aliphatic carboxylic acids is 1. The van der Waals surface area contributed by atoms with Crippen molar-refractivity contribution in [1.82, 2.24) is 9.55 Å². The highest BCUT2D eigenvalue weighted by Crippen LogP contribution is 2.21. The fourth-order valence-electron chi connectivity index (χ4n) is 3.36. The van der Waals surface area contributed by atoms with Crippen LogP contribution >= 0.6 is 0 Å². The van der Waals surface area contributed by atoms with Gasteiger partial charge in [-0.3, -0.25) is 0 Å². The molecule has 3 aromatic rings. The van der Waals surface area contributed by atoms with E-state index in [0.717, 1.165) is 31.6 Å². The maximum Gasteiger partial charge on any atom is 0.490 e. The molecule has 0 aliphatic rings. The van der Waals surface area contributed by atoms with E-state index in [1.807, 2.05) is 18.5 Å². The predicted octanol–water partition coefficient (Wildman–Crippen LogP) is 5.70. The van der Waals surface area contributed by atoms with Crippen molar-refractivity contribution >= 4 is 5.97 Å². The minimum absolute atomic E-state index is 0.904. The van der Waals surface area contributed by atoms with Gasteiger partial charge in [-0.2, -0.15) is 13.2 Å². The summed E-state index contributed by atoms with van der Waals surface area (Å²) >= 11 is 0. The Morgan fingerprint density at radius 3 is 2.30 bits per heavy atom. The number of para-hydroxylation sites is 1. The van der Waals surface area contributed by atoms with Crippen molar-refractivity contribution in [2.75, 3.05) is 7.11 Å². The minimum atomic E-state index is -5.08. The summed E-state index contributed by atoms with van der Waals surface area (Å²) in [6.07, 6.45) is 2.26. The predicted molar refractivity (Wildman–Crippen MR) is 120 cm³/mol. The van der Waals surface area contributed by atoms with Crippen LogP contribution in [0.3, 0.4) is 0 Å². The second-order valence-electron chi connectivity index (χ2n) is 7.46. The Bertz CT molecular complexity index is 1000. The Hall–Kier alpha value is -3.29. The number of imidazole rings is 1. The van der Waals surface area contributed by atoms with E-state index in [2.05, 4.69) is 54.0 Å². The Labute approximate surface area is 191 Å². The quantitative estimate of drug-likeness (QED) is 0.443. The molecule has 0 fully saturated rings. The first kappa shape index (κ1) is 26.0. The number of rotatable bonds is 9. The number of ether oxygens (including phenoxy) is 1. The number of unbranched alkanes of at least 4 members (excludes halogenated alkanes) is 1. The molecule has 5 nitrogen and oxygen atoms in total. The van der Waals surface area contributed by atoms with Gasteiger partial charge in [-0.25, -0.2) is 9.78 Å². The van der Waals surface area contributed by atoms with Crippen molar-refractivity contribution < 1.29 is 27.8 Å². The van der Waals surface area contributed by atoms with Gasteiger partial charge < -0.3 is 14.4 Å². The summed E-state index contributed by atoms with van der Waals surface area (Å²) in [5.41, 5.74) is 5.16. The number of hydrogen-bond donors (Lipinski definition) is 1. The molecule has 33 heavy (non-hydrogen) atoms. The number of benzene rings is 2. The van der Waals surface area contributed by atoms with Gasteiger partial charge in [0.05, 0.1) is 19.1 Å². The number of hydrogen-bond acceptors (Lipinski definition) is 3. The Morgan fingerprint density at radius 1 is 1.06 bits per heavy atom. The van der Waals surface area contributed by atoms with Gasteiger partial charge in [0.15, 0.2) is 0 Å². The highest BCUT2D eigenvalue weighted by Gasteiger charge is 2.38. The van der Waals surface area contributed by atoms with Crippen molar-refractivity contribution in [3.8, 4) is 5.75 Å². The molecule has 178 valence electrons. The smallest absolute Gasteiger partial charge is 0.490 e. The van der Waals surface area contributed by atoms with Gasteiger partial charge in [-0.1, -0.05) is 61.9 Å². The van der Waals surface area contributed by atoms with Crippen LogP contribution in [0.1, 0.15) is 42.3 Å². The molecule has 0 aliphatic carbocycles. The fraction of sp³-hybridized carbons (Fsp3) is 0.360. The molecular formula is C25H29F3N2O3. The van der Waals surface area contributed by atoms with E-state index >= 15 is 0 Å². The van der Waals surface area contributed by atoms with E-state index in [1.165, 1.54) is 35.4 Å². The van der Waals surface area contributed by atoms with Gasteiger partial charge in [0.1, 0.15) is 5.75 Å². The van der Waals surface area contributed by atoms with Crippen molar-refractivity contribution in [3.05, 3.63) is 83.4 Å². The Balaban J connectivity index is 0.000000479. The minimum Gasteiger partial charge on any atom is -0.496 e. The van der Waals surface area contributed by atoms with Crippen LogP contribution in [0.4, 0.5) is 13.2 Å². The molecule has 0 aliphatic heterocycles. The molecule has 1 aromatic heterocycles. The molecule has 0 radical (unpaired) electrons. The van der Waals surface area contributed by atoms with Crippen LogP contribution in [0.15, 0.2) is 60.9 Å². The number of halogens is 3. The van der Waals surface area contributed by atoms with Crippen LogP contribution in [0.25, 0.3) is 0 Å². The number of aryl methyl sites for hydroxylation is 2. The third kappa shape index (κ3) is 8.29. The summed E-state index contributed by atoms with van der Waals surface area (Å²) in [4.78, 5) is 13.6. The van der Waals surface area contributed by atoms with E-state index in [9.17, 15) is 13.2 Å². The highest BCUT2D eigenvalue weighted by molar-refractivity contribution is 5.73. The third-order valence-electron chi connectivity index (χ3n) is 5.07. The van der Waals surface area contributed by atoms with Gasteiger partial charge in [0.2, 0.25) is 0 Å². The van der Waals surface area contributed by atoms with Crippen molar-refractivity contribution in [1.29, 1.82) is 0 Å². The van der Waals surface area contributed by atoms with E-state index in [4.69, 9.17) is 19.6 Å². The largest absolute Gasteiger partial charge is 0.496 e. The molecule has 0 atom stereocenters. The summed E-state index contributed by atoms with van der Waals surface area (Å²) in [7, 11) is 1.74. The zero-order valence-electron chi connectivity index (χ0n) is 18.8. The van der Waals surface area contributed by atoms with Crippen molar-refractivity contribution in [3.63, 3.8) is 0 Å². The van der Waals surface area contributed by atoms with Crippen molar-refractivity contribution in [2.24, 2.45) is 0 Å². The number of carboxylic acids is 1. The second-order valence-corrected chi connectivity index (χ2v) is 7.46. The average Bonchev–Trinajstić information content (AvgIpc) is 3.18. The maximum absolute atomic E-state index is 10.6. The van der Waals surface area contributed by atoms with Gasteiger partial charge in [0, 0.05) is 18.7 Å². The highest BCUT2D eigenvalue weighted by atomic mass is 19.4. The maximum atomic E-state index is 10.6. The number of methoxy groups -OCH3 is 1. The molecule has 0 amide bonds. The fourth-order valence-corrected chi connectivity index (χ4v) is 3.36. The van der Waals surface area contributed by atoms with E-state index in [1.54, 1.807) is 7.11 Å². The summed E-state index contributed by atoms with van der Waals surface area (Å²) in [6.45, 7) is 3.17. The van der Waals surface area contributed by atoms with Crippen LogP contribution in [0.5, 0.6) is 5.75 Å². The van der Waals surface area contributed by atoms with Gasteiger partial charge in [-0.15, -0.1) is 0 Å². The van der Waals surface area contributed by atoms with Crippen LogP contribution in [0, 0.1) is 0 Å². The molecule has 0 unspecified atom stereocenters. The van der Waals surface area contributed by atoms with E-state index in [0.29, 0.717) is 0 Å². The molecule has 0 saturated heterocycles. The van der Waals surface area contributed by atoms with Crippen LogP contribution in [0.2, 0.25) is 0 Å². The van der Waals surface area contributed by atoms with Gasteiger partial charge in [-0.05, 0) is 36.5 Å². The van der Waals surface area contributed by atoms with Gasteiger partial charge >= 0.3 is 12.1 Å². The lowest BCUT2D eigenvalue weighted by atomic mass is 10.1. The normalized spacial score (nSPS) is 10.9. The van der Waals surface area contributed by atoms with E-state index < -0.39 is 12.1 Å². The molecule has 2 aromatic carbocycles. The van der Waals surface area contributed by atoms with Crippen LogP contribution in [-0.4, -0.2) is 33.9 Å².